The second-order valence-electron chi connectivity index (χ2n) is 3.68. The Hall–Kier alpha value is -2.31. The SMILES string of the molecule is CCOC(=O)C1CNc2cc([N+](=O)[O-])ccc2O1. The Balaban J connectivity index is 2.16. The van der Waals surface area contributed by atoms with E-state index >= 15 is 0 Å². The molecule has 7 heteroatoms. The number of nitrogens with one attached hydrogen (secondary N) is 1. The quantitative estimate of drug-likeness (QED) is 0.495. The normalized spacial score (nSPS) is 17.1. The lowest BCUT2D eigenvalue weighted by Crippen LogP contribution is -2.38. The van der Waals surface area contributed by atoms with E-state index < -0.39 is 17.0 Å². The summed E-state index contributed by atoms with van der Waals surface area (Å²) in [7, 11) is 0. The van der Waals surface area contributed by atoms with E-state index in [0.29, 0.717) is 11.4 Å². The average molecular weight is 252 g/mol. The topological polar surface area (TPSA) is 90.7 Å². The number of rotatable bonds is 3. The third-order valence-corrected chi connectivity index (χ3v) is 2.47. The monoisotopic (exact) mass is 252 g/mol. The van der Waals surface area contributed by atoms with E-state index in [4.69, 9.17) is 9.47 Å². The molecule has 0 radical (unpaired) electrons. The Morgan fingerprint density at radius 2 is 2.44 bits per heavy atom. The predicted molar refractivity (Wildman–Crippen MR) is 62.6 cm³/mol. The Kier molecular flexibility index (Phi) is 3.31. The van der Waals surface area contributed by atoms with E-state index in [9.17, 15) is 14.9 Å². The molecular formula is C11H12N2O5. The number of nitrogens with zero attached hydrogens (tertiary/aromatic N) is 1. The maximum atomic E-state index is 11.5. The molecule has 96 valence electrons. The van der Waals surface area contributed by atoms with Gasteiger partial charge in [-0.15, -0.1) is 0 Å². The van der Waals surface area contributed by atoms with E-state index in [1.54, 1.807) is 6.92 Å². The molecule has 7 nitrogen and oxygen atoms in total. The van der Waals surface area contributed by atoms with Crippen LogP contribution in [0.2, 0.25) is 0 Å². The molecule has 1 atom stereocenters. The molecule has 0 aromatic heterocycles. The van der Waals surface area contributed by atoms with Gasteiger partial charge in [0.05, 0.1) is 23.8 Å². The molecule has 0 fully saturated rings. The largest absolute Gasteiger partial charge is 0.475 e. The van der Waals surface area contributed by atoms with Gasteiger partial charge in [0, 0.05) is 12.1 Å². The molecule has 0 bridgehead atoms. The Morgan fingerprint density at radius 1 is 1.67 bits per heavy atom. The van der Waals surface area contributed by atoms with Crippen molar-refractivity contribution in [2.24, 2.45) is 0 Å². The van der Waals surface area contributed by atoms with Gasteiger partial charge in [-0.2, -0.15) is 0 Å². The molecule has 1 N–H and O–H groups in total. The molecule has 18 heavy (non-hydrogen) atoms. The molecular weight excluding hydrogens is 240 g/mol. The van der Waals surface area contributed by atoms with Gasteiger partial charge in [0.25, 0.3) is 5.69 Å². The summed E-state index contributed by atoms with van der Waals surface area (Å²) in [5, 5.41) is 13.5. The van der Waals surface area contributed by atoms with E-state index in [0.717, 1.165) is 0 Å². The first-order valence-electron chi connectivity index (χ1n) is 5.47. The maximum absolute atomic E-state index is 11.5. The van der Waals surface area contributed by atoms with Gasteiger partial charge in [0.15, 0.2) is 0 Å². The Bertz CT molecular complexity index is 488. The van der Waals surface area contributed by atoms with Crippen molar-refractivity contribution in [1.29, 1.82) is 0 Å². The molecule has 0 amide bonds. The van der Waals surface area contributed by atoms with E-state index in [2.05, 4.69) is 5.32 Å². The van der Waals surface area contributed by atoms with Gasteiger partial charge in [0.1, 0.15) is 5.75 Å². The van der Waals surface area contributed by atoms with Gasteiger partial charge >= 0.3 is 5.97 Å². The van der Waals surface area contributed by atoms with Crippen molar-refractivity contribution in [2.45, 2.75) is 13.0 Å². The molecule has 1 unspecified atom stereocenters. The van der Waals surface area contributed by atoms with Crippen molar-refractivity contribution in [3.05, 3.63) is 28.3 Å². The van der Waals surface area contributed by atoms with Crippen molar-refractivity contribution in [1.82, 2.24) is 0 Å². The van der Waals surface area contributed by atoms with Crippen LogP contribution in [0.15, 0.2) is 18.2 Å². The van der Waals surface area contributed by atoms with Crippen LogP contribution in [0.3, 0.4) is 0 Å². The fourth-order valence-corrected chi connectivity index (χ4v) is 1.64. The molecule has 1 aliphatic rings. The lowest BCUT2D eigenvalue weighted by molar-refractivity contribution is -0.384. The number of esters is 1. The number of ether oxygens (including phenoxy) is 2. The lowest BCUT2D eigenvalue weighted by atomic mass is 10.2. The number of benzene rings is 1. The number of hydrogen-bond acceptors (Lipinski definition) is 6. The fraction of sp³-hybridized carbons (Fsp3) is 0.364. The van der Waals surface area contributed by atoms with Gasteiger partial charge in [0.2, 0.25) is 6.10 Å². The number of carbonyl (C=O) groups is 1. The van der Waals surface area contributed by atoms with E-state index in [-0.39, 0.29) is 18.8 Å². The summed E-state index contributed by atoms with van der Waals surface area (Å²) in [6, 6.07) is 4.16. The minimum absolute atomic E-state index is 0.0283. The van der Waals surface area contributed by atoms with Crippen LogP contribution in [0.25, 0.3) is 0 Å². The third kappa shape index (κ3) is 2.34. The number of fused-ring (bicyclic) bond motifs is 1. The van der Waals surface area contributed by atoms with Crippen LogP contribution >= 0.6 is 0 Å². The fourth-order valence-electron chi connectivity index (χ4n) is 1.64. The van der Waals surface area contributed by atoms with Crippen molar-refractivity contribution in [2.75, 3.05) is 18.5 Å². The van der Waals surface area contributed by atoms with Gasteiger partial charge in [-0.25, -0.2) is 4.79 Å². The Labute approximate surface area is 103 Å². The zero-order valence-corrected chi connectivity index (χ0v) is 9.71. The first kappa shape index (κ1) is 12.2. The van der Waals surface area contributed by atoms with Crippen LogP contribution in [-0.2, 0) is 9.53 Å². The highest BCUT2D eigenvalue weighted by Crippen LogP contribution is 2.32. The van der Waals surface area contributed by atoms with Crippen LogP contribution < -0.4 is 10.1 Å². The minimum atomic E-state index is -0.723. The second kappa shape index (κ2) is 4.91. The van der Waals surface area contributed by atoms with Crippen LogP contribution in [0.5, 0.6) is 5.75 Å². The van der Waals surface area contributed by atoms with Crippen molar-refractivity contribution in [3.63, 3.8) is 0 Å². The highest BCUT2D eigenvalue weighted by atomic mass is 16.6. The van der Waals surface area contributed by atoms with E-state index in [1.807, 2.05) is 0 Å². The van der Waals surface area contributed by atoms with Crippen LogP contribution in [0, 0.1) is 10.1 Å². The van der Waals surface area contributed by atoms with Crippen molar-refractivity contribution < 1.29 is 19.2 Å². The summed E-state index contributed by atoms with van der Waals surface area (Å²) in [5.41, 5.74) is 0.476. The summed E-state index contributed by atoms with van der Waals surface area (Å²) in [6.45, 7) is 2.23. The molecule has 1 aromatic carbocycles. The number of anilines is 1. The summed E-state index contributed by atoms with van der Waals surface area (Å²) >= 11 is 0. The maximum Gasteiger partial charge on any atom is 0.349 e. The highest BCUT2D eigenvalue weighted by Gasteiger charge is 2.27. The first-order chi connectivity index (χ1) is 8.61. The second-order valence-corrected chi connectivity index (χ2v) is 3.68. The predicted octanol–water partition coefficient (Wildman–Crippen LogP) is 1.33. The molecule has 0 saturated heterocycles. The van der Waals surface area contributed by atoms with E-state index in [1.165, 1.54) is 18.2 Å². The van der Waals surface area contributed by atoms with Crippen molar-refractivity contribution in [3.8, 4) is 5.75 Å². The summed E-state index contributed by atoms with van der Waals surface area (Å²) in [4.78, 5) is 21.6. The molecule has 1 aromatic rings. The van der Waals surface area contributed by atoms with Crippen LogP contribution in [-0.4, -0.2) is 30.1 Å². The molecule has 0 aliphatic carbocycles. The summed E-state index contributed by atoms with van der Waals surface area (Å²) in [6.07, 6.45) is -0.723. The average Bonchev–Trinajstić information content (AvgIpc) is 2.37. The van der Waals surface area contributed by atoms with Gasteiger partial charge in [-0.05, 0) is 13.0 Å². The zero-order chi connectivity index (χ0) is 13.1. The summed E-state index contributed by atoms with van der Waals surface area (Å²) < 4.78 is 10.3. The zero-order valence-electron chi connectivity index (χ0n) is 9.71. The molecule has 1 aliphatic heterocycles. The third-order valence-electron chi connectivity index (χ3n) is 2.47. The van der Waals surface area contributed by atoms with Gasteiger partial charge in [-0.1, -0.05) is 0 Å². The van der Waals surface area contributed by atoms with Crippen LogP contribution in [0.4, 0.5) is 11.4 Å². The Morgan fingerprint density at radius 3 is 3.11 bits per heavy atom. The first-order valence-corrected chi connectivity index (χ1v) is 5.47. The lowest BCUT2D eigenvalue weighted by Gasteiger charge is -2.25. The smallest absolute Gasteiger partial charge is 0.349 e. The van der Waals surface area contributed by atoms with Gasteiger partial charge in [-0.3, -0.25) is 10.1 Å². The van der Waals surface area contributed by atoms with Crippen molar-refractivity contribution >= 4 is 17.3 Å². The highest BCUT2D eigenvalue weighted by molar-refractivity contribution is 5.78. The molecule has 1 heterocycles. The number of carbonyl (C=O) groups excluding carboxylic acids is 1. The standard InChI is InChI=1S/C11H12N2O5/c1-2-17-11(14)10-6-12-8-5-7(13(15)16)3-4-9(8)18-10/h3-5,10,12H,2,6H2,1H3. The molecule has 0 saturated carbocycles. The molecule has 0 spiro atoms. The number of non-ortho nitro benzene ring substituents is 1. The number of hydrogen-bond donors (Lipinski definition) is 1. The molecule has 2 rings (SSSR count). The summed E-state index contributed by atoms with van der Waals surface area (Å²) in [5.74, 6) is -0.0427. The number of nitro benzene ring substituents is 1. The number of nitro groups is 1. The van der Waals surface area contributed by atoms with Gasteiger partial charge < -0.3 is 14.8 Å². The van der Waals surface area contributed by atoms with Crippen LogP contribution in [0.1, 0.15) is 6.92 Å². The minimum Gasteiger partial charge on any atom is -0.475 e.